The summed E-state index contributed by atoms with van der Waals surface area (Å²) in [5.41, 5.74) is 4.95. The third-order valence-corrected chi connectivity index (χ3v) is 6.32. The van der Waals surface area contributed by atoms with Gasteiger partial charge in [0.15, 0.2) is 5.78 Å². The summed E-state index contributed by atoms with van der Waals surface area (Å²) in [6.07, 6.45) is 0.979. The molecule has 3 aromatic rings. The number of urea groups is 1. The van der Waals surface area contributed by atoms with Gasteiger partial charge in [0.25, 0.3) is 0 Å². The second-order valence-corrected chi connectivity index (χ2v) is 8.20. The van der Waals surface area contributed by atoms with Gasteiger partial charge in [-0.25, -0.2) is 4.79 Å². The fourth-order valence-corrected chi connectivity index (χ4v) is 4.29. The molecule has 4 rings (SSSR count). The zero-order valence-corrected chi connectivity index (χ0v) is 18.5. The standard InChI is InChI=1S/C25H30N4O2/c1-4-19-9-11-20(12-10-19)26-25(31)29-15-13-28(14-16-29)17-23(30)24-18(2)27(3)22-8-6-5-7-21(22)24/h5-12H,4,13-17H2,1-3H3,(H,26,31). The molecule has 1 fully saturated rings. The number of para-hydroxylation sites is 1. The molecule has 0 radical (unpaired) electrons. The molecule has 2 aromatic carbocycles. The maximum Gasteiger partial charge on any atom is 0.321 e. The first-order chi connectivity index (χ1) is 15.0. The van der Waals surface area contributed by atoms with E-state index in [9.17, 15) is 9.59 Å². The van der Waals surface area contributed by atoms with Gasteiger partial charge >= 0.3 is 6.03 Å². The normalized spacial score (nSPS) is 14.7. The summed E-state index contributed by atoms with van der Waals surface area (Å²) in [5.74, 6) is 0.142. The number of nitrogens with one attached hydrogen (secondary N) is 1. The molecular weight excluding hydrogens is 388 g/mol. The molecule has 6 heteroatoms. The molecule has 1 saturated heterocycles. The third-order valence-electron chi connectivity index (χ3n) is 6.32. The summed E-state index contributed by atoms with van der Waals surface area (Å²) in [6, 6.07) is 15.9. The molecule has 31 heavy (non-hydrogen) atoms. The van der Waals surface area contributed by atoms with E-state index >= 15 is 0 Å². The minimum Gasteiger partial charge on any atom is -0.347 e. The third kappa shape index (κ3) is 4.35. The number of hydrogen-bond acceptors (Lipinski definition) is 3. The number of amides is 2. The van der Waals surface area contributed by atoms with Crippen LogP contribution in [0.5, 0.6) is 0 Å². The molecule has 1 aromatic heterocycles. The van der Waals surface area contributed by atoms with Crippen LogP contribution in [0.2, 0.25) is 0 Å². The van der Waals surface area contributed by atoms with Gasteiger partial charge in [0.05, 0.1) is 6.54 Å². The van der Waals surface area contributed by atoms with E-state index in [1.165, 1.54) is 5.56 Å². The number of aryl methyl sites for hydroxylation is 2. The Morgan fingerprint density at radius 2 is 1.65 bits per heavy atom. The Morgan fingerprint density at radius 1 is 0.968 bits per heavy atom. The SMILES string of the molecule is CCc1ccc(NC(=O)N2CCN(CC(=O)c3c(C)n(C)c4ccccc34)CC2)cc1. The number of ketones is 1. The number of Topliss-reactive ketones (excluding diaryl/α,β-unsaturated/α-hetero) is 1. The van der Waals surface area contributed by atoms with Crippen molar-refractivity contribution in [3.8, 4) is 0 Å². The number of piperazine rings is 1. The van der Waals surface area contributed by atoms with Crippen LogP contribution in [-0.4, -0.2) is 58.9 Å². The van der Waals surface area contributed by atoms with Crippen LogP contribution < -0.4 is 5.32 Å². The maximum atomic E-state index is 13.1. The Hall–Kier alpha value is -3.12. The van der Waals surface area contributed by atoms with Crippen LogP contribution >= 0.6 is 0 Å². The summed E-state index contributed by atoms with van der Waals surface area (Å²) < 4.78 is 2.08. The number of carbonyl (C=O) groups is 2. The molecule has 162 valence electrons. The molecular formula is C25H30N4O2. The summed E-state index contributed by atoms with van der Waals surface area (Å²) in [7, 11) is 2.00. The molecule has 1 aliphatic heterocycles. The molecule has 0 atom stereocenters. The fourth-order valence-electron chi connectivity index (χ4n) is 4.29. The van der Waals surface area contributed by atoms with Crippen molar-refractivity contribution < 1.29 is 9.59 Å². The van der Waals surface area contributed by atoms with Crippen molar-refractivity contribution in [3.63, 3.8) is 0 Å². The lowest BCUT2D eigenvalue weighted by atomic mass is 10.1. The number of fused-ring (bicyclic) bond motifs is 1. The van der Waals surface area contributed by atoms with Gasteiger partial charge in [-0.15, -0.1) is 0 Å². The summed E-state index contributed by atoms with van der Waals surface area (Å²) in [5, 5.41) is 3.99. The van der Waals surface area contributed by atoms with Gasteiger partial charge < -0.3 is 14.8 Å². The zero-order chi connectivity index (χ0) is 22.0. The van der Waals surface area contributed by atoms with Crippen LogP contribution in [-0.2, 0) is 13.5 Å². The second kappa shape index (κ2) is 8.94. The number of rotatable bonds is 5. The van der Waals surface area contributed by atoms with Gasteiger partial charge in [0, 0.05) is 61.1 Å². The fraction of sp³-hybridized carbons (Fsp3) is 0.360. The van der Waals surface area contributed by atoms with Gasteiger partial charge in [0.1, 0.15) is 0 Å². The van der Waals surface area contributed by atoms with Crippen LogP contribution in [0.3, 0.4) is 0 Å². The van der Waals surface area contributed by atoms with Gasteiger partial charge in [-0.05, 0) is 37.1 Å². The average Bonchev–Trinajstić information content (AvgIpc) is 3.05. The first kappa shape index (κ1) is 21.1. The molecule has 0 unspecified atom stereocenters. The molecule has 2 amide bonds. The smallest absolute Gasteiger partial charge is 0.321 e. The van der Waals surface area contributed by atoms with Gasteiger partial charge in [-0.1, -0.05) is 37.3 Å². The van der Waals surface area contributed by atoms with Crippen LogP contribution in [0.4, 0.5) is 10.5 Å². The topological polar surface area (TPSA) is 57.6 Å². The number of benzene rings is 2. The van der Waals surface area contributed by atoms with Gasteiger partial charge in [-0.3, -0.25) is 9.69 Å². The molecule has 6 nitrogen and oxygen atoms in total. The van der Waals surface area contributed by atoms with Crippen LogP contribution in [0.25, 0.3) is 10.9 Å². The van der Waals surface area contributed by atoms with Crippen molar-refractivity contribution in [3.05, 3.63) is 65.4 Å². The molecule has 1 aliphatic rings. The van der Waals surface area contributed by atoms with Crippen molar-refractivity contribution in [2.75, 3.05) is 38.0 Å². The van der Waals surface area contributed by atoms with E-state index in [1.807, 2.05) is 67.4 Å². The largest absolute Gasteiger partial charge is 0.347 e. The Kier molecular flexibility index (Phi) is 6.09. The second-order valence-electron chi connectivity index (χ2n) is 8.20. The monoisotopic (exact) mass is 418 g/mol. The summed E-state index contributed by atoms with van der Waals surface area (Å²) >= 11 is 0. The lowest BCUT2D eigenvalue weighted by Gasteiger charge is -2.34. The average molecular weight is 419 g/mol. The predicted molar refractivity (Wildman–Crippen MR) is 125 cm³/mol. The van der Waals surface area contributed by atoms with Gasteiger partial charge in [-0.2, -0.15) is 0 Å². The molecule has 0 aliphatic carbocycles. The Balaban J connectivity index is 1.34. The first-order valence-electron chi connectivity index (χ1n) is 10.9. The first-order valence-corrected chi connectivity index (χ1v) is 10.9. The molecule has 0 saturated carbocycles. The highest BCUT2D eigenvalue weighted by Gasteiger charge is 2.25. The lowest BCUT2D eigenvalue weighted by Crippen LogP contribution is -2.51. The Labute approximate surface area is 183 Å². The number of carbonyl (C=O) groups excluding carboxylic acids is 2. The summed E-state index contributed by atoms with van der Waals surface area (Å²) in [6.45, 7) is 7.10. The number of aromatic nitrogens is 1. The van der Waals surface area contributed by atoms with Crippen LogP contribution in [0.1, 0.15) is 28.5 Å². The highest BCUT2D eigenvalue weighted by Crippen LogP contribution is 2.25. The molecule has 2 heterocycles. The lowest BCUT2D eigenvalue weighted by molar-refractivity contribution is 0.0884. The van der Waals surface area contributed by atoms with E-state index in [4.69, 9.17) is 0 Å². The zero-order valence-electron chi connectivity index (χ0n) is 18.5. The van der Waals surface area contributed by atoms with Crippen molar-refractivity contribution in [1.29, 1.82) is 0 Å². The Morgan fingerprint density at radius 3 is 2.32 bits per heavy atom. The van der Waals surface area contributed by atoms with E-state index in [2.05, 4.69) is 21.7 Å². The minimum atomic E-state index is -0.0832. The quantitative estimate of drug-likeness (QED) is 0.635. The van der Waals surface area contributed by atoms with E-state index < -0.39 is 0 Å². The van der Waals surface area contributed by atoms with Gasteiger partial charge in [0.2, 0.25) is 0 Å². The van der Waals surface area contributed by atoms with E-state index in [0.717, 1.165) is 34.3 Å². The highest BCUT2D eigenvalue weighted by atomic mass is 16.2. The Bertz CT molecular complexity index is 1090. The van der Waals surface area contributed by atoms with Crippen molar-refractivity contribution >= 4 is 28.4 Å². The van der Waals surface area contributed by atoms with E-state index in [-0.39, 0.29) is 11.8 Å². The maximum absolute atomic E-state index is 13.1. The molecule has 0 bridgehead atoms. The van der Waals surface area contributed by atoms with Crippen LogP contribution in [0.15, 0.2) is 48.5 Å². The summed E-state index contributed by atoms with van der Waals surface area (Å²) in [4.78, 5) is 29.7. The van der Waals surface area contributed by atoms with Crippen molar-refractivity contribution in [2.45, 2.75) is 20.3 Å². The predicted octanol–water partition coefficient (Wildman–Crippen LogP) is 4.08. The highest BCUT2D eigenvalue weighted by molar-refractivity contribution is 6.10. The molecule has 1 N–H and O–H groups in total. The van der Waals surface area contributed by atoms with Crippen LogP contribution in [0, 0.1) is 6.92 Å². The van der Waals surface area contributed by atoms with E-state index in [1.54, 1.807) is 0 Å². The van der Waals surface area contributed by atoms with Crippen molar-refractivity contribution in [2.24, 2.45) is 7.05 Å². The molecule has 0 spiro atoms. The number of anilines is 1. The van der Waals surface area contributed by atoms with E-state index in [0.29, 0.717) is 32.7 Å². The van der Waals surface area contributed by atoms with Crippen molar-refractivity contribution in [1.82, 2.24) is 14.4 Å². The minimum absolute atomic E-state index is 0.0832. The number of hydrogen-bond donors (Lipinski definition) is 1. The number of nitrogens with zero attached hydrogens (tertiary/aromatic N) is 3.